The molecule has 2 aromatic rings. The van der Waals surface area contributed by atoms with Gasteiger partial charge < -0.3 is 15.5 Å². The van der Waals surface area contributed by atoms with Crippen molar-refractivity contribution in [2.75, 3.05) is 13.7 Å². The Balaban J connectivity index is 2.78. The van der Waals surface area contributed by atoms with Crippen LogP contribution in [-0.4, -0.2) is 18.6 Å². The Morgan fingerprint density at radius 1 is 1.41 bits per heavy atom. The second-order valence-corrected chi connectivity index (χ2v) is 5.20. The monoisotopic (exact) mass is 252 g/mol. The van der Waals surface area contributed by atoms with Gasteiger partial charge in [-0.05, 0) is 17.7 Å². The van der Waals surface area contributed by atoms with E-state index < -0.39 is 0 Å². The molecule has 0 spiro atoms. The molecule has 0 aliphatic carbocycles. The van der Waals surface area contributed by atoms with Gasteiger partial charge in [0.05, 0.1) is 17.6 Å². The van der Waals surface area contributed by atoms with Crippen LogP contribution in [0.25, 0.3) is 10.9 Å². The lowest BCUT2D eigenvalue weighted by Crippen LogP contribution is -2.27. The van der Waals surface area contributed by atoms with Gasteiger partial charge in [0.1, 0.15) is 5.75 Å². The number of ether oxygens (including phenoxy) is 1. The van der Waals surface area contributed by atoms with E-state index in [-0.39, 0.29) is 5.41 Å². The third-order valence-electron chi connectivity index (χ3n) is 3.21. The minimum Gasteiger partial charge on any atom is -0.496 e. The zero-order valence-electron chi connectivity index (χ0n) is 10.3. The first-order valence-corrected chi connectivity index (χ1v) is 5.93. The molecule has 0 aliphatic heterocycles. The number of methoxy groups -OCH3 is 1. The summed E-state index contributed by atoms with van der Waals surface area (Å²) in [5, 5.41) is 1.72. The lowest BCUT2D eigenvalue weighted by Gasteiger charge is -2.22. The fraction of sp³-hybridized carbons (Fsp3) is 0.385. The van der Waals surface area contributed by atoms with Crippen LogP contribution >= 0.6 is 11.6 Å². The first-order chi connectivity index (χ1) is 8.01. The van der Waals surface area contributed by atoms with Gasteiger partial charge in [-0.25, -0.2) is 0 Å². The van der Waals surface area contributed by atoms with Gasteiger partial charge in [0, 0.05) is 23.5 Å². The molecule has 0 aliphatic rings. The Bertz CT molecular complexity index is 546. The molecule has 1 aromatic carbocycles. The molecule has 3 nitrogen and oxygen atoms in total. The molecule has 0 saturated carbocycles. The molecule has 0 amide bonds. The number of hydrogen-bond donors (Lipinski definition) is 2. The van der Waals surface area contributed by atoms with Gasteiger partial charge in [-0.3, -0.25) is 0 Å². The molecule has 17 heavy (non-hydrogen) atoms. The smallest absolute Gasteiger partial charge is 0.128 e. The fourth-order valence-corrected chi connectivity index (χ4v) is 2.21. The largest absolute Gasteiger partial charge is 0.496 e. The Morgan fingerprint density at radius 2 is 2.12 bits per heavy atom. The van der Waals surface area contributed by atoms with Crippen LogP contribution in [-0.2, 0) is 5.41 Å². The molecule has 0 atom stereocenters. The van der Waals surface area contributed by atoms with Gasteiger partial charge in [-0.1, -0.05) is 25.4 Å². The normalized spacial score (nSPS) is 12.1. The number of aromatic nitrogens is 1. The number of nitrogens with two attached hydrogens (primary N) is 1. The summed E-state index contributed by atoms with van der Waals surface area (Å²) in [6, 6.07) is 3.72. The number of nitrogens with one attached hydrogen (secondary N) is 1. The maximum Gasteiger partial charge on any atom is 0.128 e. The van der Waals surface area contributed by atoms with Crippen molar-refractivity contribution in [1.29, 1.82) is 0 Å². The van der Waals surface area contributed by atoms with Gasteiger partial charge in [-0.2, -0.15) is 0 Å². The SMILES string of the molecule is COc1ccc(Cl)c2[nH]cc(C(C)(C)CN)c12. The summed E-state index contributed by atoms with van der Waals surface area (Å²) in [4.78, 5) is 3.20. The average Bonchev–Trinajstić information content (AvgIpc) is 2.76. The fourth-order valence-electron chi connectivity index (χ4n) is 2.00. The number of rotatable bonds is 3. The molecule has 0 unspecified atom stereocenters. The second-order valence-electron chi connectivity index (χ2n) is 4.79. The van der Waals surface area contributed by atoms with Crippen molar-refractivity contribution in [1.82, 2.24) is 4.98 Å². The topological polar surface area (TPSA) is 51.0 Å². The van der Waals surface area contributed by atoms with Gasteiger partial charge >= 0.3 is 0 Å². The predicted octanol–water partition coefficient (Wildman–Crippen LogP) is 3.07. The van der Waals surface area contributed by atoms with E-state index in [1.165, 1.54) is 0 Å². The molecule has 4 heteroatoms. The third-order valence-corrected chi connectivity index (χ3v) is 3.52. The summed E-state index contributed by atoms with van der Waals surface area (Å²) in [5.74, 6) is 0.821. The number of halogens is 1. The second kappa shape index (κ2) is 4.24. The molecule has 1 aromatic heterocycles. The Labute approximate surface area is 106 Å². The van der Waals surface area contributed by atoms with Crippen LogP contribution in [0.1, 0.15) is 19.4 Å². The summed E-state index contributed by atoms with van der Waals surface area (Å²) in [5.41, 5.74) is 7.75. The maximum atomic E-state index is 6.17. The van der Waals surface area contributed by atoms with Crippen molar-refractivity contribution in [3.8, 4) is 5.75 Å². The van der Waals surface area contributed by atoms with Crippen molar-refractivity contribution in [3.05, 3.63) is 28.9 Å². The minimum absolute atomic E-state index is 0.115. The minimum atomic E-state index is -0.115. The molecule has 3 N–H and O–H groups in total. The Hall–Kier alpha value is -1.19. The van der Waals surface area contributed by atoms with E-state index in [0.717, 1.165) is 22.2 Å². The van der Waals surface area contributed by atoms with Crippen LogP contribution in [0.2, 0.25) is 5.02 Å². The van der Waals surface area contributed by atoms with Crippen molar-refractivity contribution in [2.24, 2.45) is 5.73 Å². The highest BCUT2D eigenvalue weighted by atomic mass is 35.5. The van der Waals surface area contributed by atoms with Crippen LogP contribution in [0, 0.1) is 0 Å². The van der Waals surface area contributed by atoms with E-state index in [9.17, 15) is 0 Å². The van der Waals surface area contributed by atoms with Gasteiger partial charge in [0.15, 0.2) is 0 Å². The standard InChI is InChI=1S/C13H17ClN2O/c1-13(2,7-15)8-6-16-12-9(14)4-5-10(17-3)11(8)12/h4-6,16H,7,15H2,1-3H3. The van der Waals surface area contributed by atoms with Gasteiger partial charge in [-0.15, -0.1) is 0 Å². The summed E-state index contributed by atoms with van der Waals surface area (Å²) in [6.45, 7) is 4.78. The number of benzene rings is 1. The van der Waals surface area contributed by atoms with Crippen LogP contribution in [0.3, 0.4) is 0 Å². The Morgan fingerprint density at radius 3 is 2.71 bits per heavy atom. The Kier molecular flexibility index (Phi) is 3.06. The highest BCUT2D eigenvalue weighted by Gasteiger charge is 2.24. The van der Waals surface area contributed by atoms with Crippen LogP contribution in [0.5, 0.6) is 5.75 Å². The van der Waals surface area contributed by atoms with E-state index in [4.69, 9.17) is 22.1 Å². The van der Waals surface area contributed by atoms with Crippen LogP contribution in [0.4, 0.5) is 0 Å². The van der Waals surface area contributed by atoms with Crippen LogP contribution < -0.4 is 10.5 Å². The van der Waals surface area contributed by atoms with E-state index >= 15 is 0 Å². The van der Waals surface area contributed by atoms with E-state index in [1.807, 2.05) is 18.3 Å². The van der Waals surface area contributed by atoms with Crippen molar-refractivity contribution >= 4 is 22.5 Å². The van der Waals surface area contributed by atoms with Gasteiger partial charge in [0.2, 0.25) is 0 Å². The average molecular weight is 253 g/mol. The maximum absolute atomic E-state index is 6.17. The quantitative estimate of drug-likeness (QED) is 0.882. The molecule has 2 rings (SSSR count). The molecular formula is C13H17ClN2O. The molecule has 0 bridgehead atoms. The van der Waals surface area contributed by atoms with E-state index in [0.29, 0.717) is 11.6 Å². The van der Waals surface area contributed by atoms with Crippen molar-refractivity contribution < 1.29 is 4.74 Å². The summed E-state index contributed by atoms with van der Waals surface area (Å²) < 4.78 is 5.40. The zero-order valence-corrected chi connectivity index (χ0v) is 11.1. The first-order valence-electron chi connectivity index (χ1n) is 5.55. The number of H-pyrrole nitrogens is 1. The molecule has 0 fully saturated rings. The number of fused-ring (bicyclic) bond motifs is 1. The van der Waals surface area contributed by atoms with Crippen molar-refractivity contribution in [3.63, 3.8) is 0 Å². The van der Waals surface area contributed by atoms with Gasteiger partial charge in [0.25, 0.3) is 0 Å². The third kappa shape index (κ3) is 1.90. The lowest BCUT2D eigenvalue weighted by atomic mass is 9.84. The van der Waals surface area contributed by atoms with E-state index in [2.05, 4.69) is 18.8 Å². The van der Waals surface area contributed by atoms with Crippen LogP contribution in [0.15, 0.2) is 18.3 Å². The van der Waals surface area contributed by atoms with E-state index in [1.54, 1.807) is 7.11 Å². The lowest BCUT2D eigenvalue weighted by molar-refractivity contribution is 0.418. The number of hydrogen-bond acceptors (Lipinski definition) is 2. The van der Waals surface area contributed by atoms with Crippen molar-refractivity contribution in [2.45, 2.75) is 19.3 Å². The highest BCUT2D eigenvalue weighted by molar-refractivity contribution is 6.35. The molecule has 92 valence electrons. The molecule has 0 saturated heterocycles. The predicted molar refractivity (Wildman–Crippen MR) is 71.9 cm³/mol. The number of aromatic amines is 1. The first kappa shape index (κ1) is 12.3. The highest BCUT2D eigenvalue weighted by Crippen LogP contribution is 2.38. The zero-order chi connectivity index (χ0) is 12.6. The summed E-state index contributed by atoms with van der Waals surface area (Å²) in [7, 11) is 1.66. The molecule has 0 radical (unpaired) electrons. The molecular weight excluding hydrogens is 236 g/mol. The summed E-state index contributed by atoms with van der Waals surface area (Å²) >= 11 is 6.17. The molecule has 1 heterocycles. The summed E-state index contributed by atoms with van der Waals surface area (Å²) in [6.07, 6.45) is 1.96.